The van der Waals surface area contributed by atoms with Crippen molar-refractivity contribution in [1.29, 1.82) is 0 Å². The van der Waals surface area contributed by atoms with Crippen molar-refractivity contribution >= 4 is 45.8 Å². The van der Waals surface area contributed by atoms with Gasteiger partial charge in [-0.2, -0.15) is 0 Å². The van der Waals surface area contributed by atoms with E-state index in [0.29, 0.717) is 29.7 Å². The van der Waals surface area contributed by atoms with Crippen molar-refractivity contribution in [3.63, 3.8) is 0 Å². The molecule has 38 heavy (non-hydrogen) atoms. The Morgan fingerprint density at radius 3 is 2.53 bits per heavy atom. The second kappa shape index (κ2) is 11.1. The second-order valence-electron chi connectivity index (χ2n) is 12.1. The van der Waals surface area contributed by atoms with Crippen molar-refractivity contribution in [2.75, 3.05) is 19.0 Å². The molecule has 1 aromatic rings. The molecule has 3 fully saturated rings. The van der Waals surface area contributed by atoms with Crippen molar-refractivity contribution < 1.29 is 28.7 Å². The summed E-state index contributed by atoms with van der Waals surface area (Å²) in [5.74, 6) is -2.46. The van der Waals surface area contributed by atoms with Crippen LogP contribution >= 0.6 is 11.3 Å². The largest absolute Gasteiger partial charge is 0.469 e. The van der Waals surface area contributed by atoms with E-state index in [9.17, 15) is 24.0 Å². The summed E-state index contributed by atoms with van der Waals surface area (Å²) in [4.78, 5) is 69.5. The number of carbonyl (C=O) groups excluding carboxylic acids is 5. The first kappa shape index (κ1) is 28.2. The van der Waals surface area contributed by atoms with Crippen molar-refractivity contribution in [3.8, 4) is 0 Å². The van der Waals surface area contributed by atoms with Gasteiger partial charge in [-0.25, -0.2) is 4.98 Å². The fraction of sp³-hybridized carbons (Fsp3) is 0.704. The molecule has 2 heterocycles. The molecule has 2 amide bonds. The van der Waals surface area contributed by atoms with E-state index in [1.165, 1.54) is 18.4 Å². The molecule has 5 atom stereocenters. The number of nitrogens with one attached hydrogen (secondary N) is 1. The van der Waals surface area contributed by atoms with Crippen molar-refractivity contribution in [2.45, 2.75) is 77.8 Å². The van der Waals surface area contributed by atoms with E-state index < -0.39 is 41.1 Å². The number of primary amides is 1. The number of thiazole rings is 1. The summed E-state index contributed by atoms with van der Waals surface area (Å²) in [6, 6.07) is -1.26. The van der Waals surface area contributed by atoms with Crippen LogP contribution < -0.4 is 11.1 Å². The number of nitrogens with two attached hydrogens (primary N) is 1. The average molecular weight is 547 g/mol. The zero-order valence-electron chi connectivity index (χ0n) is 22.5. The lowest BCUT2D eigenvalue weighted by Gasteiger charge is -2.37. The maximum absolute atomic E-state index is 13.9. The highest BCUT2D eigenvalue weighted by molar-refractivity contribution is 7.13. The van der Waals surface area contributed by atoms with Crippen molar-refractivity contribution in [2.24, 2.45) is 34.8 Å². The maximum atomic E-state index is 13.9. The summed E-state index contributed by atoms with van der Waals surface area (Å²) < 4.78 is 4.70. The van der Waals surface area contributed by atoms with Gasteiger partial charge in [-0.15, -0.1) is 11.3 Å². The Hall–Kier alpha value is -2.82. The first-order chi connectivity index (χ1) is 17.9. The van der Waals surface area contributed by atoms with Crippen LogP contribution in [0.25, 0.3) is 0 Å². The van der Waals surface area contributed by atoms with Crippen LogP contribution in [0.15, 0.2) is 5.38 Å². The van der Waals surface area contributed by atoms with Crippen LogP contribution in [-0.2, 0) is 35.1 Å². The van der Waals surface area contributed by atoms with Gasteiger partial charge in [0.25, 0.3) is 5.91 Å². The normalized spacial score (nSPS) is 24.1. The number of methoxy groups -OCH3 is 1. The lowest BCUT2D eigenvalue weighted by Crippen LogP contribution is -2.54. The number of carbonyl (C=O) groups is 5. The molecule has 1 aromatic heterocycles. The molecule has 0 radical (unpaired) electrons. The smallest absolute Gasteiger partial charge is 0.311 e. The number of amides is 2. The summed E-state index contributed by atoms with van der Waals surface area (Å²) in [5, 5.41) is 5.51. The minimum atomic E-state index is -1.00. The molecule has 3 N–H and O–H groups in total. The number of likely N-dealkylation sites (tertiary alicyclic amines) is 1. The first-order valence-electron chi connectivity index (χ1n) is 13.3. The van der Waals surface area contributed by atoms with E-state index in [-0.39, 0.29) is 36.4 Å². The number of ether oxygens (including phenoxy) is 1. The highest BCUT2D eigenvalue weighted by Crippen LogP contribution is 2.51. The zero-order chi connectivity index (χ0) is 27.8. The summed E-state index contributed by atoms with van der Waals surface area (Å²) in [7, 11) is 1.32. The third-order valence-electron chi connectivity index (χ3n) is 8.15. The van der Waals surface area contributed by atoms with Gasteiger partial charge in [0.05, 0.1) is 25.3 Å². The summed E-state index contributed by atoms with van der Waals surface area (Å²) in [5.41, 5.74) is 5.36. The van der Waals surface area contributed by atoms with E-state index in [1.54, 1.807) is 10.3 Å². The van der Waals surface area contributed by atoms with Crippen LogP contribution in [0.2, 0.25) is 0 Å². The lowest BCUT2D eigenvalue weighted by molar-refractivity contribution is -0.143. The number of nitrogens with zero attached hydrogens (tertiary/aromatic N) is 2. The van der Waals surface area contributed by atoms with Gasteiger partial charge in [0.2, 0.25) is 11.7 Å². The molecule has 208 valence electrons. The minimum Gasteiger partial charge on any atom is -0.469 e. The fourth-order valence-electron chi connectivity index (χ4n) is 5.70. The predicted octanol–water partition coefficient (Wildman–Crippen LogP) is 2.35. The second-order valence-corrected chi connectivity index (χ2v) is 12.9. The standard InChI is InChI=1S/C27H38N4O6S/c1-27(2,3)23(30-26-29-17(13-38-26)11-20(33)37-4)25(36)31-12-16-9-18(16)21(31)19(32)10-15(22(34)24(28)35)8-14-6-5-7-14/h13-16,18,21,23H,5-12H2,1-4H3,(H2,28,35)(H,29,30)/t15?,16-,18?,21-,23+/m0/s1. The Labute approximate surface area is 227 Å². The van der Waals surface area contributed by atoms with E-state index in [1.807, 2.05) is 20.8 Å². The Morgan fingerprint density at radius 2 is 1.95 bits per heavy atom. The molecule has 1 aliphatic heterocycles. The van der Waals surface area contributed by atoms with E-state index in [0.717, 1.165) is 25.7 Å². The molecule has 0 bridgehead atoms. The SMILES string of the molecule is COC(=O)Cc1csc(N[C@H](C(=O)N2C[C@@H]3CC3[C@H]2C(=O)CC(CC2CCC2)C(=O)C(N)=O)C(C)(C)C)n1. The Balaban J connectivity index is 1.49. The summed E-state index contributed by atoms with van der Waals surface area (Å²) in [6.07, 6.45) is 4.43. The van der Waals surface area contributed by atoms with Crippen molar-refractivity contribution in [3.05, 3.63) is 11.1 Å². The molecule has 10 nitrogen and oxygen atoms in total. The molecule has 2 aliphatic carbocycles. The van der Waals surface area contributed by atoms with Crippen LogP contribution in [0.4, 0.5) is 5.13 Å². The molecular weight excluding hydrogens is 508 g/mol. The minimum absolute atomic E-state index is 0.0426. The van der Waals surface area contributed by atoms with E-state index in [4.69, 9.17) is 10.5 Å². The zero-order valence-corrected chi connectivity index (χ0v) is 23.3. The molecule has 0 aromatic carbocycles. The highest BCUT2D eigenvalue weighted by atomic mass is 32.1. The highest BCUT2D eigenvalue weighted by Gasteiger charge is 2.58. The van der Waals surface area contributed by atoms with Gasteiger partial charge in [-0.3, -0.25) is 24.0 Å². The Bertz CT molecular complexity index is 1110. The third kappa shape index (κ3) is 6.24. The topological polar surface area (TPSA) is 149 Å². The number of hydrogen-bond donors (Lipinski definition) is 2. The quantitative estimate of drug-likeness (QED) is 0.300. The number of piperidine rings is 1. The summed E-state index contributed by atoms with van der Waals surface area (Å²) >= 11 is 1.30. The van der Waals surface area contributed by atoms with Gasteiger partial charge in [0.15, 0.2) is 10.9 Å². The Morgan fingerprint density at radius 1 is 1.24 bits per heavy atom. The number of ketones is 2. The molecule has 2 unspecified atom stereocenters. The number of anilines is 1. The number of fused-ring (bicyclic) bond motifs is 1. The van der Waals surface area contributed by atoms with Gasteiger partial charge < -0.3 is 20.7 Å². The van der Waals surface area contributed by atoms with E-state index >= 15 is 0 Å². The predicted molar refractivity (Wildman–Crippen MR) is 141 cm³/mol. The molecule has 2 saturated carbocycles. The third-order valence-corrected chi connectivity index (χ3v) is 8.97. The number of hydrogen-bond acceptors (Lipinski definition) is 9. The van der Waals surface area contributed by atoms with Gasteiger partial charge in [-0.05, 0) is 36.0 Å². The van der Waals surface area contributed by atoms with Crippen LogP contribution in [0.5, 0.6) is 0 Å². The van der Waals surface area contributed by atoms with Crippen LogP contribution in [0.3, 0.4) is 0 Å². The molecule has 0 spiro atoms. The number of Topliss-reactive ketones (excluding diaryl/α,β-unsaturated/α-hetero) is 2. The fourth-order valence-corrected chi connectivity index (χ4v) is 6.44. The summed E-state index contributed by atoms with van der Waals surface area (Å²) in [6.45, 7) is 6.33. The van der Waals surface area contributed by atoms with Gasteiger partial charge in [0.1, 0.15) is 6.04 Å². The van der Waals surface area contributed by atoms with E-state index in [2.05, 4.69) is 10.3 Å². The number of rotatable bonds is 12. The molecule has 4 rings (SSSR count). The Kier molecular flexibility index (Phi) is 8.25. The molecule has 1 saturated heterocycles. The van der Waals surface area contributed by atoms with Gasteiger partial charge >= 0.3 is 5.97 Å². The maximum Gasteiger partial charge on any atom is 0.311 e. The first-order valence-corrected chi connectivity index (χ1v) is 14.2. The monoisotopic (exact) mass is 546 g/mol. The van der Waals surface area contributed by atoms with Crippen molar-refractivity contribution in [1.82, 2.24) is 9.88 Å². The van der Waals surface area contributed by atoms with Crippen LogP contribution in [-0.4, -0.2) is 65.0 Å². The lowest BCUT2D eigenvalue weighted by atomic mass is 9.76. The van der Waals surface area contributed by atoms with Crippen LogP contribution in [0.1, 0.15) is 65.0 Å². The molecular formula is C27H38N4O6S. The average Bonchev–Trinajstić information content (AvgIpc) is 3.26. The number of esters is 1. The van der Waals surface area contributed by atoms with Gasteiger partial charge in [0, 0.05) is 24.3 Å². The molecule has 3 aliphatic rings. The number of aromatic nitrogens is 1. The van der Waals surface area contributed by atoms with Gasteiger partial charge in [-0.1, -0.05) is 40.0 Å². The van der Waals surface area contributed by atoms with Crippen LogP contribution in [0, 0.1) is 29.1 Å². The molecule has 11 heteroatoms.